The first-order chi connectivity index (χ1) is 14.8. The molecular formula is C21H22ClN3O4S2. The maximum atomic E-state index is 12.8. The van der Waals surface area contributed by atoms with Crippen molar-refractivity contribution < 1.29 is 17.6 Å². The molecule has 10 heteroatoms. The van der Waals surface area contributed by atoms with E-state index >= 15 is 0 Å². The number of nitrogens with zero attached hydrogens (tertiary/aromatic N) is 2. The molecule has 7 nitrogen and oxygen atoms in total. The topological polar surface area (TPSA) is 92.5 Å². The fourth-order valence-corrected chi connectivity index (χ4v) is 6.24. The molecule has 3 aromatic rings. The van der Waals surface area contributed by atoms with E-state index in [1.165, 1.54) is 21.7 Å². The molecule has 0 saturated carbocycles. The summed E-state index contributed by atoms with van der Waals surface area (Å²) in [7, 11) is -3.66. The average molecular weight is 480 g/mol. The van der Waals surface area contributed by atoms with Crippen molar-refractivity contribution in [2.45, 2.75) is 38.0 Å². The van der Waals surface area contributed by atoms with E-state index in [9.17, 15) is 13.2 Å². The third-order valence-electron chi connectivity index (χ3n) is 5.19. The van der Waals surface area contributed by atoms with Crippen molar-refractivity contribution in [1.29, 1.82) is 0 Å². The Labute approximate surface area is 190 Å². The highest BCUT2D eigenvalue weighted by Gasteiger charge is 2.31. The standard InChI is InChI=1S/C21H22ClN3O4S2/c1-13-6-5-7-15(19(13)22)10-16-12-23-21(30-16)24-20(26)17-11-18(14(2)29-17)31(27,28)25-8-3-4-9-25/h5-7,11-12H,3-4,8-10H2,1-2H3,(H,23,24,26). The van der Waals surface area contributed by atoms with Crippen molar-refractivity contribution >= 4 is 44.0 Å². The molecule has 31 heavy (non-hydrogen) atoms. The number of carbonyl (C=O) groups is 1. The third-order valence-corrected chi connectivity index (χ3v) is 8.65. The number of carbonyl (C=O) groups excluding carboxylic acids is 1. The van der Waals surface area contributed by atoms with Gasteiger partial charge in [-0.2, -0.15) is 4.31 Å². The number of amides is 1. The van der Waals surface area contributed by atoms with Crippen molar-refractivity contribution in [2.75, 3.05) is 18.4 Å². The van der Waals surface area contributed by atoms with Gasteiger partial charge in [0.25, 0.3) is 5.91 Å². The maximum Gasteiger partial charge on any atom is 0.293 e. The number of halogens is 1. The maximum absolute atomic E-state index is 12.8. The lowest BCUT2D eigenvalue weighted by Crippen LogP contribution is -2.28. The van der Waals surface area contributed by atoms with Crippen LogP contribution in [0.15, 0.2) is 39.8 Å². The summed E-state index contributed by atoms with van der Waals surface area (Å²) >= 11 is 7.70. The van der Waals surface area contributed by atoms with E-state index < -0.39 is 15.9 Å². The van der Waals surface area contributed by atoms with Crippen molar-refractivity contribution in [3.8, 4) is 0 Å². The van der Waals surface area contributed by atoms with Crippen LogP contribution in [-0.2, 0) is 16.4 Å². The number of aryl methyl sites for hydroxylation is 2. The summed E-state index contributed by atoms with van der Waals surface area (Å²) in [5, 5.41) is 3.81. The summed E-state index contributed by atoms with van der Waals surface area (Å²) in [6.45, 7) is 4.48. The van der Waals surface area contributed by atoms with Gasteiger partial charge in [0.1, 0.15) is 10.7 Å². The van der Waals surface area contributed by atoms with Gasteiger partial charge in [0.05, 0.1) is 0 Å². The number of benzene rings is 1. The molecule has 0 atom stereocenters. The molecule has 0 aliphatic carbocycles. The molecule has 2 aromatic heterocycles. The molecule has 0 unspecified atom stereocenters. The molecule has 1 amide bonds. The number of hydrogen-bond acceptors (Lipinski definition) is 6. The van der Waals surface area contributed by atoms with Gasteiger partial charge in [0.15, 0.2) is 10.9 Å². The number of aromatic nitrogens is 1. The first kappa shape index (κ1) is 22.0. The molecule has 1 aliphatic heterocycles. The zero-order valence-electron chi connectivity index (χ0n) is 17.1. The summed E-state index contributed by atoms with van der Waals surface area (Å²) in [5.74, 6) is -0.403. The molecule has 1 N–H and O–H groups in total. The Balaban J connectivity index is 1.48. The van der Waals surface area contributed by atoms with Crippen LogP contribution >= 0.6 is 22.9 Å². The lowest BCUT2D eigenvalue weighted by Gasteiger charge is -2.14. The fraction of sp³-hybridized carbons (Fsp3) is 0.333. The van der Waals surface area contributed by atoms with Crippen molar-refractivity contribution in [3.05, 3.63) is 63.0 Å². The molecule has 0 spiro atoms. The minimum Gasteiger partial charge on any atom is -0.455 e. The van der Waals surface area contributed by atoms with Gasteiger partial charge in [-0.3, -0.25) is 10.1 Å². The SMILES string of the molecule is Cc1cccc(Cc2cnc(NC(=O)c3cc(S(=O)(=O)N4CCCC4)c(C)o3)s2)c1Cl. The molecule has 3 heterocycles. The third kappa shape index (κ3) is 4.55. The van der Waals surface area contributed by atoms with Crippen LogP contribution in [0, 0.1) is 13.8 Å². The molecule has 164 valence electrons. The summed E-state index contributed by atoms with van der Waals surface area (Å²) in [4.78, 5) is 17.8. The highest BCUT2D eigenvalue weighted by Crippen LogP contribution is 2.29. The Hall–Kier alpha value is -2.20. The summed E-state index contributed by atoms with van der Waals surface area (Å²) in [5.41, 5.74) is 1.99. The molecular weight excluding hydrogens is 458 g/mol. The van der Waals surface area contributed by atoms with Crippen LogP contribution in [0.3, 0.4) is 0 Å². The quantitative estimate of drug-likeness (QED) is 0.556. The highest BCUT2D eigenvalue weighted by molar-refractivity contribution is 7.89. The van der Waals surface area contributed by atoms with Crippen LogP contribution in [0.1, 0.15) is 45.2 Å². The second-order valence-corrected chi connectivity index (χ2v) is 10.9. The predicted octanol–water partition coefficient (Wildman–Crippen LogP) is 4.63. The van der Waals surface area contributed by atoms with Gasteiger partial charge in [-0.05, 0) is 37.8 Å². The van der Waals surface area contributed by atoms with E-state index in [4.69, 9.17) is 16.0 Å². The lowest BCUT2D eigenvalue weighted by atomic mass is 10.1. The number of thiazole rings is 1. The number of hydrogen-bond donors (Lipinski definition) is 1. The smallest absolute Gasteiger partial charge is 0.293 e. The van der Waals surface area contributed by atoms with Gasteiger partial charge in [0.2, 0.25) is 10.0 Å². The second kappa shape index (κ2) is 8.74. The average Bonchev–Trinajstić information content (AvgIpc) is 3.47. The number of sulfonamides is 1. The van der Waals surface area contributed by atoms with Gasteiger partial charge >= 0.3 is 0 Å². The molecule has 1 aliphatic rings. The number of anilines is 1. The molecule has 1 aromatic carbocycles. The fourth-order valence-electron chi connectivity index (χ4n) is 3.54. The summed E-state index contributed by atoms with van der Waals surface area (Å²) in [6, 6.07) is 7.15. The second-order valence-electron chi connectivity index (χ2n) is 7.45. The van der Waals surface area contributed by atoms with Gasteiger partial charge < -0.3 is 4.42 Å². The molecule has 0 bridgehead atoms. The van der Waals surface area contributed by atoms with Crippen molar-refractivity contribution in [1.82, 2.24) is 9.29 Å². The van der Waals surface area contributed by atoms with Gasteiger partial charge in [0, 0.05) is 41.7 Å². The van der Waals surface area contributed by atoms with Crippen molar-refractivity contribution in [2.24, 2.45) is 0 Å². The van der Waals surface area contributed by atoms with Crippen LogP contribution in [0.4, 0.5) is 5.13 Å². The number of nitrogens with one attached hydrogen (secondary N) is 1. The Kier molecular flexibility index (Phi) is 6.20. The summed E-state index contributed by atoms with van der Waals surface area (Å²) < 4.78 is 32.5. The van der Waals surface area contributed by atoms with E-state index in [1.54, 1.807) is 13.1 Å². The number of rotatable bonds is 6. The van der Waals surface area contributed by atoms with Crippen LogP contribution < -0.4 is 5.32 Å². The highest BCUT2D eigenvalue weighted by atomic mass is 35.5. The van der Waals surface area contributed by atoms with E-state index in [0.717, 1.165) is 33.9 Å². The van der Waals surface area contributed by atoms with Crippen LogP contribution in [-0.4, -0.2) is 36.7 Å². The van der Waals surface area contributed by atoms with Gasteiger partial charge in [-0.1, -0.05) is 29.8 Å². The molecule has 4 rings (SSSR count). The monoisotopic (exact) mass is 479 g/mol. The number of furan rings is 1. The van der Waals surface area contributed by atoms with Crippen LogP contribution in [0.5, 0.6) is 0 Å². The molecule has 1 fully saturated rings. The summed E-state index contributed by atoms with van der Waals surface area (Å²) in [6.07, 6.45) is 3.97. The zero-order chi connectivity index (χ0) is 22.2. The molecule has 1 saturated heterocycles. The van der Waals surface area contributed by atoms with E-state index in [-0.39, 0.29) is 16.4 Å². The normalized spacial score (nSPS) is 14.8. The minimum atomic E-state index is -3.66. The Morgan fingerprint density at radius 2 is 2.03 bits per heavy atom. The van der Waals surface area contributed by atoms with Crippen LogP contribution in [0.25, 0.3) is 0 Å². The Morgan fingerprint density at radius 3 is 2.77 bits per heavy atom. The van der Waals surface area contributed by atoms with Gasteiger partial charge in [-0.25, -0.2) is 13.4 Å². The minimum absolute atomic E-state index is 0.0356. The van der Waals surface area contributed by atoms with E-state index in [0.29, 0.717) is 24.6 Å². The molecule has 0 radical (unpaired) electrons. The predicted molar refractivity (Wildman–Crippen MR) is 121 cm³/mol. The largest absolute Gasteiger partial charge is 0.455 e. The van der Waals surface area contributed by atoms with Crippen molar-refractivity contribution in [3.63, 3.8) is 0 Å². The van der Waals surface area contributed by atoms with Crippen LogP contribution in [0.2, 0.25) is 5.02 Å². The Bertz CT molecular complexity index is 1230. The zero-order valence-corrected chi connectivity index (χ0v) is 19.5. The van der Waals surface area contributed by atoms with E-state index in [2.05, 4.69) is 10.3 Å². The Morgan fingerprint density at radius 1 is 1.29 bits per heavy atom. The van der Waals surface area contributed by atoms with E-state index in [1.807, 2.05) is 25.1 Å². The lowest BCUT2D eigenvalue weighted by molar-refractivity contribution is 0.0995. The first-order valence-corrected chi connectivity index (χ1v) is 12.5. The van der Waals surface area contributed by atoms with Gasteiger partial charge in [-0.15, -0.1) is 11.3 Å². The first-order valence-electron chi connectivity index (χ1n) is 9.86.